The third-order valence-corrected chi connectivity index (χ3v) is 5.55. The molecule has 1 atom stereocenters. The zero-order valence-corrected chi connectivity index (χ0v) is 17.5. The predicted molar refractivity (Wildman–Crippen MR) is 111 cm³/mol. The van der Waals surface area contributed by atoms with Crippen LogP contribution in [-0.2, 0) is 22.6 Å². The third-order valence-electron chi connectivity index (χ3n) is 5.55. The summed E-state index contributed by atoms with van der Waals surface area (Å²) in [5.41, 5.74) is 1.68. The highest BCUT2D eigenvalue weighted by Crippen LogP contribution is 2.13. The van der Waals surface area contributed by atoms with Gasteiger partial charge in [0.2, 0.25) is 5.89 Å². The molecule has 0 radical (unpaired) electrons. The molecule has 1 aromatic carbocycles. The van der Waals surface area contributed by atoms with E-state index >= 15 is 0 Å². The standard InChI is InChI=1S/C22H30N4O4/c1-24(14-19-16-28-11-12-29-19)22(27)20-17-30-21(23-20)15-26-9-7-25(8-10-26)13-18-5-3-2-4-6-18/h2-6,17,19H,7-16H2,1H3/t19-/m0/s1. The quantitative estimate of drug-likeness (QED) is 0.680. The van der Waals surface area contributed by atoms with Crippen molar-refractivity contribution in [1.29, 1.82) is 0 Å². The van der Waals surface area contributed by atoms with E-state index in [4.69, 9.17) is 13.9 Å². The Balaban J connectivity index is 1.23. The van der Waals surface area contributed by atoms with Crippen LogP contribution in [0.5, 0.6) is 0 Å². The van der Waals surface area contributed by atoms with Gasteiger partial charge in [0.1, 0.15) is 6.26 Å². The van der Waals surface area contributed by atoms with Crippen molar-refractivity contribution in [3.8, 4) is 0 Å². The smallest absolute Gasteiger partial charge is 0.275 e. The van der Waals surface area contributed by atoms with Gasteiger partial charge < -0.3 is 18.8 Å². The molecule has 162 valence electrons. The van der Waals surface area contributed by atoms with E-state index in [0.717, 1.165) is 32.7 Å². The lowest BCUT2D eigenvalue weighted by Crippen LogP contribution is -2.45. The molecular formula is C22H30N4O4. The maximum atomic E-state index is 12.6. The second kappa shape index (κ2) is 10.2. The highest BCUT2D eigenvalue weighted by Gasteiger charge is 2.23. The molecule has 0 saturated carbocycles. The molecule has 30 heavy (non-hydrogen) atoms. The zero-order chi connectivity index (χ0) is 20.8. The Kier molecular flexibility index (Phi) is 7.11. The van der Waals surface area contributed by atoms with Crippen molar-refractivity contribution in [2.24, 2.45) is 0 Å². The van der Waals surface area contributed by atoms with Gasteiger partial charge in [0.15, 0.2) is 5.69 Å². The fourth-order valence-electron chi connectivity index (χ4n) is 3.85. The molecule has 0 unspecified atom stereocenters. The van der Waals surface area contributed by atoms with Crippen LogP contribution in [0.4, 0.5) is 0 Å². The summed E-state index contributed by atoms with van der Waals surface area (Å²) in [5.74, 6) is 0.423. The van der Waals surface area contributed by atoms with Crippen molar-refractivity contribution in [3.63, 3.8) is 0 Å². The Labute approximate surface area is 177 Å². The largest absolute Gasteiger partial charge is 0.447 e. The van der Waals surface area contributed by atoms with E-state index in [9.17, 15) is 4.79 Å². The first-order valence-electron chi connectivity index (χ1n) is 10.6. The number of rotatable bonds is 7. The van der Waals surface area contributed by atoms with Crippen molar-refractivity contribution in [2.75, 3.05) is 59.6 Å². The average Bonchev–Trinajstić information content (AvgIpc) is 3.24. The number of benzene rings is 1. The molecule has 1 amide bonds. The van der Waals surface area contributed by atoms with Gasteiger partial charge in [-0.1, -0.05) is 30.3 Å². The van der Waals surface area contributed by atoms with E-state index in [1.54, 1.807) is 11.9 Å². The number of amides is 1. The summed E-state index contributed by atoms with van der Waals surface area (Å²) in [6, 6.07) is 10.6. The maximum absolute atomic E-state index is 12.6. The minimum atomic E-state index is -0.160. The first kappa shape index (κ1) is 21.0. The lowest BCUT2D eigenvalue weighted by molar-refractivity contribution is -0.0933. The fraction of sp³-hybridized carbons (Fsp3) is 0.545. The topological polar surface area (TPSA) is 71.3 Å². The number of carbonyl (C=O) groups excluding carboxylic acids is 1. The van der Waals surface area contributed by atoms with Crippen LogP contribution in [0, 0.1) is 0 Å². The summed E-state index contributed by atoms with van der Waals surface area (Å²) in [6.07, 6.45) is 1.36. The van der Waals surface area contributed by atoms with Crippen LogP contribution in [0.15, 0.2) is 41.0 Å². The number of ether oxygens (including phenoxy) is 2. The summed E-state index contributed by atoms with van der Waals surface area (Å²) in [7, 11) is 1.75. The zero-order valence-electron chi connectivity index (χ0n) is 17.5. The van der Waals surface area contributed by atoms with E-state index < -0.39 is 0 Å². The number of oxazole rings is 1. The molecule has 0 aliphatic carbocycles. The molecular weight excluding hydrogens is 384 g/mol. The number of likely N-dealkylation sites (N-methyl/N-ethyl adjacent to an activating group) is 1. The van der Waals surface area contributed by atoms with Crippen LogP contribution < -0.4 is 0 Å². The second-order valence-electron chi connectivity index (χ2n) is 7.92. The molecule has 8 heteroatoms. The molecule has 2 fully saturated rings. The van der Waals surface area contributed by atoms with Gasteiger partial charge in [-0.05, 0) is 5.56 Å². The molecule has 2 aliphatic heterocycles. The summed E-state index contributed by atoms with van der Waals surface area (Å²) in [4.78, 5) is 23.4. The van der Waals surface area contributed by atoms with E-state index in [2.05, 4.69) is 39.0 Å². The molecule has 3 heterocycles. The Morgan fingerprint density at radius 2 is 1.83 bits per heavy atom. The number of aromatic nitrogens is 1. The number of piperazine rings is 1. The highest BCUT2D eigenvalue weighted by molar-refractivity contribution is 5.91. The first-order valence-corrected chi connectivity index (χ1v) is 10.6. The Bertz CT molecular complexity index is 798. The van der Waals surface area contributed by atoms with Crippen molar-refractivity contribution < 1.29 is 18.7 Å². The van der Waals surface area contributed by atoms with Crippen LogP contribution in [0.2, 0.25) is 0 Å². The van der Waals surface area contributed by atoms with E-state index in [1.807, 2.05) is 6.07 Å². The molecule has 0 bridgehead atoms. The van der Waals surface area contributed by atoms with Gasteiger partial charge in [0.05, 0.1) is 32.5 Å². The first-order chi connectivity index (χ1) is 14.7. The van der Waals surface area contributed by atoms with Gasteiger partial charge in [-0.25, -0.2) is 4.98 Å². The normalized spacial score (nSPS) is 20.9. The van der Waals surface area contributed by atoms with Gasteiger partial charge in [0, 0.05) is 46.3 Å². The van der Waals surface area contributed by atoms with Crippen molar-refractivity contribution in [3.05, 3.63) is 53.7 Å². The highest BCUT2D eigenvalue weighted by atomic mass is 16.6. The van der Waals surface area contributed by atoms with Gasteiger partial charge in [0.25, 0.3) is 5.91 Å². The summed E-state index contributed by atoms with van der Waals surface area (Å²) < 4.78 is 16.6. The predicted octanol–water partition coefficient (Wildman–Crippen LogP) is 1.48. The minimum Gasteiger partial charge on any atom is -0.447 e. The molecule has 0 N–H and O–H groups in total. The molecule has 2 aromatic rings. The van der Waals surface area contributed by atoms with Crippen LogP contribution in [0.25, 0.3) is 0 Å². The van der Waals surface area contributed by atoms with Gasteiger partial charge in [-0.2, -0.15) is 0 Å². The Morgan fingerprint density at radius 1 is 1.10 bits per heavy atom. The van der Waals surface area contributed by atoms with E-state index in [1.165, 1.54) is 11.8 Å². The monoisotopic (exact) mass is 414 g/mol. The SMILES string of the molecule is CN(C[C@H]1COCCO1)C(=O)c1coc(CN2CCN(Cc3ccccc3)CC2)n1. The van der Waals surface area contributed by atoms with Gasteiger partial charge >= 0.3 is 0 Å². The minimum absolute atomic E-state index is 0.0914. The van der Waals surface area contributed by atoms with Crippen molar-refractivity contribution in [2.45, 2.75) is 19.2 Å². The van der Waals surface area contributed by atoms with Crippen LogP contribution in [-0.4, -0.2) is 91.3 Å². The average molecular weight is 415 g/mol. The molecule has 2 aliphatic rings. The maximum Gasteiger partial charge on any atom is 0.275 e. The Hall–Kier alpha value is -2.26. The number of hydrogen-bond donors (Lipinski definition) is 0. The summed E-state index contributed by atoms with van der Waals surface area (Å²) >= 11 is 0. The lowest BCUT2D eigenvalue weighted by Gasteiger charge is -2.34. The van der Waals surface area contributed by atoms with Crippen LogP contribution in [0.1, 0.15) is 21.9 Å². The molecule has 8 nitrogen and oxygen atoms in total. The Morgan fingerprint density at radius 3 is 2.53 bits per heavy atom. The summed E-state index contributed by atoms with van der Waals surface area (Å²) in [5, 5.41) is 0. The van der Waals surface area contributed by atoms with E-state index in [0.29, 0.717) is 44.5 Å². The fourth-order valence-corrected chi connectivity index (χ4v) is 3.85. The number of nitrogens with zero attached hydrogens (tertiary/aromatic N) is 4. The molecule has 0 spiro atoms. The second-order valence-corrected chi connectivity index (χ2v) is 7.92. The molecule has 1 aromatic heterocycles. The number of carbonyl (C=O) groups is 1. The van der Waals surface area contributed by atoms with Gasteiger partial charge in [-0.15, -0.1) is 0 Å². The lowest BCUT2D eigenvalue weighted by atomic mass is 10.2. The van der Waals surface area contributed by atoms with Crippen molar-refractivity contribution >= 4 is 5.91 Å². The number of hydrogen-bond acceptors (Lipinski definition) is 7. The molecule has 2 saturated heterocycles. The van der Waals surface area contributed by atoms with Crippen LogP contribution in [0.3, 0.4) is 0 Å². The van der Waals surface area contributed by atoms with Gasteiger partial charge in [-0.3, -0.25) is 14.6 Å². The van der Waals surface area contributed by atoms with Crippen molar-refractivity contribution in [1.82, 2.24) is 19.7 Å². The third kappa shape index (κ3) is 5.66. The molecule has 4 rings (SSSR count). The summed E-state index contributed by atoms with van der Waals surface area (Å²) in [6.45, 7) is 7.70. The van der Waals surface area contributed by atoms with E-state index in [-0.39, 0.29) is 12.0 Å². The van der Waals surface area contributed by atoms with Crippen LogP contribution >= 0.6 is 0 Å².